The number of aliphatic hydroxyl groups is 2. The number of rotatable bonds is 6. The monoisotopic (exact) mass is 313 g/mol. The van der Waals surface area contributed by atoms with Gasteiger partial charge >= 0.3 is 0 Å². The highest BCUT2D eigenvalue weighted by atomic mass is 16.5. The van der Waals surface area contributed by atoms with E-state index in [4.69, 9.17) is 10.5 Å². The summed E-state index contributed by atoms with van der Waals surface area (Å²) in [6.45, 7) is 0.257. The molecule has 0 amide bonds. The van der Waals surface area contributed by atoms with Crippen molar-refractivity contribution in [1.29, 1.82) is 0 Å². The average molecular weight is 313 g/mol. The maximum absolute atomic E-state index is 10.2. The maximum atomic E-state index is 10.2. The number of benzene rings is 2. The molecule has 3 rings (SSSR count). The number of nitrogens with two attached hydrogens (primary N) is 1. The van der Waals surface area contributed by atoms with Gasteiger partial charge in [-0.05, 0) is 36.4 Å². The third-order valence-corrected chi connectivity index (χ3v) is 3.59. The zero-order valence-corrected chi connectivity index (χ0v) is 12.6. The van der Waals surface area contributed by atoms with Gasteiger partial charge < -0.3 is 25.3 Å². The Morgan fingerprint density at radius 2 is 1.87 bits per heavy atom. The Morgan fingerprint density at radius 1 is 1.13 bits per heavy atom. The zero-order chi connectivity index (χ0) is 16.2. The van der Waals surface area contributed by atoms with Crippen LogP contribution in [0.25, 0.3) is 11.0 Å². The Kier molecular flexibility index (Phi) is 4.45. The Bertz CT molecular complexity index is 783. The summed E-state index contributed by atoms with van der Waals surface area (Å²) in [5.74, 6) is 1.17. The molecular weight excluding hydrogens is 294 g/mol. The van der Waals surface area contributed by atoms with Crippen LogP contribution in [0, 0.1) is 0 Å². The summed E-state index contributed by atoms with van der Waals surface area (Å²) in [5, 5.41) is 19.7. The summed E-state index contributed by atoms with van der Waals surface area (Å²) in [6.07, 6.45) is -0.726. The highest BCUT2D eigenvalue weighted by Gasteiger charge is 2.14. The highest BCUT2D eigenvalue weighted by Crippen LogP contribution is 2.17. The van der Waals surface area contributed by atoms with Gasteiger partial charge in [-0.25, -0.2) is 4.98 Å². The fourth-order valence-electron chi connectivity index (χ4n) is 2.47. The summed E-state index contributed by atoms with van der Waals surface area (Å²) in [4.78, 5) is 4.36. The van der Waals surface area contributed by atoms with Crippen LogP contribution in [-0.2, 0) is 13.2 Å². The summed E-state index contributed by atoms with van der Waals surface area (Å²) >= 11 is 0. The second-order valence-electron chi connectivity index (χ2n) is 5.32. The maximum Gasteiger partial charge on any atom is 0.135 e. The first-order valence-corrected chi connectivity index (χ1v) is 7.39. The van der Waals surface area contributed by atoms with E-state index >= 15 is 0 Å². The van der Waals surface area contributed by atoms with Crippen molar-refractivity contribution in [3.05, 3.63) is 54.4 Å². The van der Waals surface area contributed by atoms with Crippen LogP contribution in [0.1, 0.15) is 5.82 Å². The van der Waals surface area contributed by atoms with E-state index in [2.05, 4.69) is 4.98 Å². The minimum atomic E-state index is -0.726. The normalized spacial score (nSPS) is 12.4. The smallest absolute Gasteiger partial charge is 0.135 e. The van der Waals surface area contributed by atoms with Crippen molar-refractivity contribution < 1.29 is 14.9 Å². The molecule has 120 valence electrons. The lowest BCUT2D eigenvalue weighted by Gasteiger charge is -2.15. The van der Waals surface area contributed by atoms with Crippen LogP contribution in [0.4, 0.5) is 5.69 Å². The van der Waals surface area contributed by atoms with E-state index in [1.807, 2.05) is 28.8 Å². The molecule has 23 heavy (non-hydrogen) atoms. The first-order valence-electron chi connectivity index (χ1n) is 7.39. The molecule has 0 saturated heterocycles. The van der Waals surface area contributed by atoms with E-state index in [1.165, 1.54) is 0 Å². The van der Waals surface area contributed by atoms with E-state index in [1.54, 1.807) is 24.3 Å². The molecule has 0 fully saturated rings. The Hall–Kier alpha value is -2.57. The number of nitrogens with zero attached hydrogens (tertiary/aromatic N) is 2. The number of ether oxygens (including phenoxy) is 1. The molecular formula is C17H19N3O3. The molecule has 2 aromatic carbocycles. The lowest BCUT2D eigenvalue weighted by atomic mass is 10.3. The molecule has 0 spiro atoms. The molecule has 0 radical (unpaired) electrons. The third kappa shape index (κ3) is 3.44. The molecule has 1 atom stereocenters. The number of nitrogen functional groups attached to an aromatic ring is 1. The van der Waals surface area contributed by atoms with E-state index in [-0.39, 0.29) is 13.2 Å². The minimum absolute atomic E-state index is 0.140. The first kappa shape index (κ1) is 15.3. The van der Waals surface area contributed by atoms with Crippen molar-refractivity contribution in [2.75, 3.05) is 12.3 Å². The quantitative estimate of drug-likeness (QED) is 0.600. The fourth-order valence-corrected chi connectivity index (χ4v) is 2.47. The van der Waals surface area contributed by atoms with Crippen LogP contribution < -0.4 is 10.5 Å². The number of aromatic nitrogens is 2. The van der Waals surface area contributed by atoms with Gasteiger partial charge in [0.05, 0.1) is 17.6 Å². The molecule has 1 heterocycles. The Balaban J connectivity index is 1.70. The van der Waals surface area contributed by atoms with Gasteiger partial charge in [-0.3, -0.25) is 0 Å². The van der Waals surface area contributed by atoms with Crippen molar-refractivity contribution in [1.82, 2.24) is 9.55 Å². The van der Waals surface area contributed by atoms with Crippen LogP contribution in [-0.4, -0.2) is 32.5 Å². The number of aliphatic hydroxyl groups excluding tert-OH is 2. The zero-order valence-electron chi connectivity index (χ0n) is 12.6. The molecule has 6 heteroatoms. The fraction of sp³-hybridized carbons (Fsp3) is 0.235. The summed E-state index contributed by atoms with van der Waals surface area (Å²) in [5.41, 5.74) is 7.95. The number of imidazole rings is 1. The van der Waals surface area contributed by atoms with Gasteiger partial charge in [0.2, 0.25) is 0 Å². The molecule has 1 aromatic heterocycles. The number of fused-ring (bicyclic) bond motifs is 1. The van der Waals surface area contributed by atoms with Gasteiger partial charge in [-0.15, -0.1) is 0 Å². The van der Waals surface area contributed by atoms with E-state index in [0.29, 0.717) is 23.8 Å². The molecule has 0 aliphatic heterocycles. The van der Waals surface area contributed by atoms with Crippen molar-refractivity contribution in [3.63, 3.8) is 0 Å². The molecule has 0 bridgehead atoms. The lowest BCUT2D eigenvalue weighted by Crippen LogP contribution is -2.24. The third-order valence-electron chi connectivity index (χ3n) is 3.59. The van der Waals surface area contributed by atoms with Crippen LogP contribution in [0.2, 0.25) is 0 Å². The lowest BCUT2D eigenvalue weighted by molar-refractivity contribution is 0.0915. The van der Waals surface area contributed by atoms with Crippen molar-refractivity contribution >= 4 is 16.7 Å². The molecule has 3 aromatic rings. The van der Waals surface area contributed by atoms with Gasteiger partial charge in [0.1, 0.15) is 30.9 Å². The van der Waals surface area contributed by atoms with Crippen molar-refractivity contribution in [2.24, 2.45) is 0 Å². The van der Waals surface area contributed by atoms with E-state index < -0.39 is 6.10 Å². The second-order valence-corrected chi connectivity index (χ2v) is 5.32. The molecule has 0 aliphatic rings. The predicted octanol–water partition coefficient (Wildman–Crippen LogP) is 1.55. The topological polar surface area (TPSA) is 93.5 Å². The van der Waals surface area contributed by atoms with Crippen LogP contribution in [0.15, 0.2) is 48.5 Å². The number of para-hydroxylation sites is 2. The number of hydrogen-bond acceptors (Lipinski definition) is 5. The van der Waals surface area contributed by atoms with Gasteiger partial charge in [0, 0.05) is 5.69 Å². The second kappa shape index (κ2) is 6.68. The largest absolute Gasteiger partial charge is 0.491 e. The molecule has 6 nitrogen and oxygen atoms in total. The Morgan fingerprint density at radius 3 is 2.61 bits per heavy atom. The summed E-state index contributed by atoms with van der Waals surface area (Å²) < 4.78 is 7.37. The summed E-state index contributed by atoms with van der Waals surface area (Å²) in [6, 6.07) is 14.6. The van der Waals surface area contributed by atoms with Crippen LogP contribution in [0.3, 0.4) is 0 Å². The Labute approximate surface area is 133 Å². The van der Waals surface area contributed by atoms with Crippen molar-refractivity contribution in [2.45, 2.75) is 19.3 Å². The van der Waals surface area contributed by atoms with Crippen molar-refractivity contribution in [3.8, 4) is 5.75 Å². The molecule has 1 unspecified atom stereocenters. The van der Waals surface area contributed by atoms with Gasteiger partial charge in [0.15, 0.2) is 0 Å². The number of hydrogen-bond donors (Lipinski definition) is 3. The van der Waals surface area contributed by atoms with E-state index in [9.17, 15) is 10.2 Å². The first-order chi connectivity index (χ1) is 11.2. The van der Waals surface area contributed by atoms with E-state index in [0.717, 1.165) is 11.0 Å². The molecule has 0 saturated carbocycles. The van der Waals surface area contributed by atoms with Crippen LogP contribution in [0.5, 0.6) is 5.75 Å². The minimum Gasteiger partial charge on any atom is -0.491 e. The van der Waals surface area contributed by atoms with Gasteiger partial charge in [0.25, 0.3) is 0 Å². The molecule has 4 N–H and O–H groups in total. The van der Waals surface area contributed by atoms with Crippen LogP contribution >= 0.6 is 0 Å². The van der Waals surface area contributed by atoms with Gasteiger partial charge in [-0.2, -0.15) is 0 Å². The standard InChI is InChI=1S/C17H19N3O3/c18-12-5-7-14(8-6-12)23-11-13(22)9-20-16-4-2-1-3-15(16)19-17(20)10-21/h1-8,13,21-22H,9-11,18H2. The summed E-state index contributed by atoms with van der Waals surface area (Å²) in [7, 11) is 0. The highest BCUT2D eigenvalue weighted by molar-refractivity contribution is 5.75. The average Bonchev–Trinajstić information content (AvgIpc) is 2.92. The molecule has 0 aliphatic carbocycles. The SMILES string of the molecule is Nc1ccc(OCC(O)Cn2c(CO)nc3ccccc32)cc1. The predicted molar refractivity (Wildman–Crippen MR) is 88.0 cm³/mol. The van der Waals surface area contributed by atoms with Gasteiger partial charge in [-0.1, -0.05) is 12.1 Å². The number of anilines is 1.